The molecule has 0 saturated carbocycles. The number of nitrogens with zero attached hydrogens (tertiary/aromatic N) is 2. The number of hydrogen-bond donors (Lipinski definition) is 1. The maximum absolute atomic E-state index is 12.7. The van der Waals surface area contributed by atoms with Gasteiger partial charge in [0.25, 0.3) is 5.91 Å². The maximum Gasteiger partial charge on any atom is 0.272 e. The predicted octanol–water partition coefficient (Wildman–Crippen LogP) is 8.54. The van der Waals surface area contributed by atoms with E-state index in [1.165, 1.54) is 6.07 Å². The second-order valence-corrected chi connectivity index (χ2v) is 9.48. The van der Waals surface area contributed by atoms with Gasteiger partial charge in [0.15, 0.2) is 0 Å². The van der Waals surface area contributed by atoms with Gasteiger partial charge in [-0.15, -0.1) is 0 Å². The number of carbonyl (C=O) groups excluding carboxylic acids is 1. The highest BCUT2D eigenvalue weighted by atomic mass is 35.5. The van der Waals surface area contributed by atoms with Crippen LogP contribution in [-0.4, -0.2) is 16.7 Å². The van der Waals surface area contributed by atoms with E-state index in [4.69, 9.17) is 34.8 Å². The van der Waals surface area contributed by atoms with Crippen LogP contribution in [0.3, 0.4) is 0 Å². The van der Waals surface area contributed by atoms with E-state index in [9.17, 15) is 4.79 Å². The fourth-order valence-electron chi connectivity index (χ4n) is 4.09. The topological polar surface area (TPSA) is 46.4 Å². The Bertz CT molecular complexity index is 1580. The largest absolute Gasteiger partial charge is 0.309 e. The Balaban J connectivity index is 1.62. The lowest BCUT2D eigenvalue weighted by atomic mass is 10.1. The molecule has 0 aliphatic heterocycles. The summed E-state index contributed by atoms with van der Waals surface area (Å²) >= 11 is 18.3. The first kappa shape index (κ1) is 24.8. The lowest BCUT2D eigenvalue weighted by molar-refractivity contribution is 0.0955. The minimum Gasteiger partial charge on any atom is -0.309 e. The summed E-state index contributed by atoms with van der Waals surface area (Å²) in [6.07, 6.45) is 1.64. The van der Waals surface area contributed by atoms with Crippen LogP contribution in [-0.2, 0) is 0 Å². The minimum atomic E-state index is -0.431. The molecule has 7 heteroatoms. The highest BCUT2D eigenvalue weighted by Crippen LogP contribution is 2.35. The molecule has 182 valence electrons. The van der Waals surface area contributed by atoms with Crippen LogP contribution in [0, 0.1) is 0 Å². The number of hydrazone groups is 1. The minimum absolute atomic E-state index is 0.255. The van der Waals surface area contributed by atoms with E-state index >= 15 is 0 Å². The molecule has 5 rings (SSSR count). The zero-order chi connectivity index (χ0) is 25.8. The van der Waals surface area contributed by atoms with Crippen LogP contribution in [0.1, 0.15) is 15.9 Å². The van der Waals surface area contributed by atoms with E-state index in [2.05, 4.69) is 33.3 Å². The smallest absolute Gasteiger partial charge is 0.272 e. The summed E-state index contributed by atoms with van der Waals surface area (Å²) in [6.45, 7) is 0. The number of amides is 1. The summed E-state index contributed by atoms with van der Waals surface area (Å²) < 4.78 is 2.17. The molecule has 37 heavy (non-hydrogen) atoms. The van der Waals surface area contributed by atoms with Crippen LogP contribution < -0.4 is 5.43 Å². The zero-order valence-corrected chi connectivity index (χ0v) is 21.7. The first-order chi connectivity index (χ1) is 18.0. The Labute approximate surface area is 229 Å². The highest BCUT2D eigenvalue weighted by Gasteiger charge is 2.19. The van der Waals surface area contributed by atoms with Gasteiger partial charge in [-0.2, -0.15) is 5.10 Å². The maximum atomic E-state index is 12.7. The van der Waals surface area contributed by atoms with Crippen LogP contribution in [0.15, 0.2) is 114 Å². The van der Waals surface area contributed by atoms with Crippen molar-refractivity contribution in [2.24, 2.45) is 5.10 Å². The average molecular weight is 545 g/mol. The second-order valence-electron chi connectivity index (χ2n) is 8.20. The molecule has 0 unspecified atom stereocenters. The fraction of sp³-hybridized carbons (Fsp3) is 0. The van der Waals surface area contributed by atoms with Crippen LogP contribution in [0.2, 0.25) is 15.1 Å². The summed E-state index contributed by atoms with van der Waals surface area (Å²) in [5.74, 6) is -0.431. The number of benzene rings is 4. The molecule has 4 nitrogen and oxygen atoms in total. The van der Waals surface area contributed by atoms with E-state index in [0.717, 1.165) is 33.8 Å². The van der Waals surface area contributed by atoms with Gasteiger partial charge in [0.1, 0.15) is 0 Å². The number of carbonyl (C=O) groups is 1. The van der Waals surface area contributed by atoms with Crippen molar-refractivity contribution in [2.75, 3.05) is 0 Å². The third kappa shape index (κ3) is 5.47. The summed E-state index contributed by atoms with van der Waals surface area (Å²) in [5, 5.41) is 5.64. The molecule has 1 aromatic heterocycles. The Kier molecular flexibility index (Phi) is 7.42. The van der Waals surface area contributed by atoms with Crippen LogP contribution in [0.25, 0.3) is 28.2 Å². The molecule has 1 amide bonds. The third-order valence-corrected chi connectivity index (χ3v) is 6.58. The van der Waals surface area contributed by atoms with Crippen molar-refractivity contribution in [3.8, 4) is 28.2 Å². The van der Waals surface area contributed by atoms with Gasteiger partial charge in [0.05, 0.1) is 28.2 Å². The summed E-state index contributed by atoms with van der Waals surface area (Å²) in [7, 11) is 0. The van der Waals surface area contributed by atoms with Crippen molar-refractivity contribution in [1.82, 2.24) is 9.99 Å². The molecule has 0 atom stereocenters. The molecule has 0 bridgehead atoms. The number of rotatable bonds is 6. The van der Waals surface area contributed by atoms with E-state index in [1.807, 2.05) is 72.8 Å². The molecule has 5 aromatic rings. The molecular formula is C30H20Cl3N3O. The van der Waals surface area contributed by atoms with Crippen LogP contribution in [0.5, 0.6) is 0 Å². The zero-order valence-electron chi connectivity index (χ0n) is 19.4. The average Bonchev–Trinajstić information content (AvgIpc) is 3.29. The lowest BCUT2D eigenvalue weighted by Gasteiger charge is -2.15. The number of hydrogen-bond acceptors (Lipinski definition) is 2. The Hall–Kier alpha value is -3.83. The molecule has 1 N–H and O–H groups in total. The SMILES string of the molecule is O=C(N/N=C\c1cc(-c2ccccc2)n(-c2ccc(Cl)cc2)c1-c1ccccc1)c1ccc(Cl)cc1Cl. The molecule has 0 radical (unpaired) electrons. The second kappa shape index (κ2) is 11.1. The van der Waals surface area contributed by atoms with E-state index in [1.54, 1.807) is 18.3 Å². The van der Waals surface area contributed by atoms with Gasteiger partial charge < -0.3 is 4.57 Å². The number of halogens is 3. The van der Waals surface area contributed by atoms with E-state index in [-0.39, 0.29) is 10.6 Å². The van der Waals surface area contributed by atoms with E-state index < -0.39 is 5.91 Å². The molecule has 0 saturated heterocycles. The van der Waals surface area contributed by atoms with Crippen molar-refractivity contribution in [1.29, 1.82) is 0 Å². The number of aromatic nitrogens is 1. The van der Waals surface area contributed by atoms with Gasteiger partial charge in [-0.05, 0) is 59.7 Å². The Morgan fingerprint density at radius 1 is 0.730 bits per heavy atom. The fourth-order valence-corrected chi connectivity index (χ4v) is 4.71. The summed E-state index contributed by atoms with van der Waals surface area (Å²) in [4.78, 5) is 12.7. The molecule has 0 aliphatic carbocycles. The summed E-state index contributed by atoms with van der Waals surface area (Å²) in [5.41, 5.74) is 8.55. The van der Waals surface area contributed by atoms with Gasteiger partial charge in [0, 0.05) is 21.3 Å². The van der Waals surface area contributed by atoms with Crippen molar-refractivity contribution in [3.63, 3.8) is 0 Å². The molecule has 4 aromatic carbocycles. The quantitative estimate of drug-likeness (QED) is 0.169. The van der Waals surface area contributed by atoms with Crippen molar-refractivity contribution in [3.05, 3.63) is 135 Å². The van der Waals surface area contributed by atoms with Crippen molar-refractivity contribution < 1.29 is 4.79 Å². The molecule has 0 spiro atoms. The molecule has 1 heterocycles. The van der Waals surface area contributed by atoms with Gasteiger partial charge in [-0.1, -0.05) is 95.5 Å². The summed E-state index contributed by atoms with van der Waals surface area (Å²) in [6, 6.07) is 34.6. The third-order valence-electron chi connectivity index (χ3n) is 5.78. The normalized spacial score (nSPS) is 11.1. The van der Waals surface area contributed by atoms with Crippen molar-refractivity contribution >= 4 is 46.9 Å². The van der Waals surface area contributed by atoms with Gasteiger partial charge in [-0.3, -0.25) is 4.79 Å². The highest BCUT2D eigenvalue weighted by molar-refractivity contribution is 6.36. The van der Waals surface area contributed by atoms with Crippen LogP contribution >= 0.6 is 34.8 Å². The monoisotopic (exact) mass is 543 g/mol. The Morgan fingerprint density at radius 3 is 2.00 bits per heavy atom. The molecule has 0 aliphatic rings. The Morgan fingerprint density at radius 2 is 1.35 bits per heavy atom. The van der Waals surface area contributed by atoms with Gasteiger partial charge in [0.2, 0.25) is 0 Å². The molecule has 0 fully saturated rings. The standard InChI is InChI=1S/C30H20Cl3N3O/c31-23-11-14-25(15-12-23)36-28(20-7-3-1-4-8-20)17-22(29(36)21-9-5-2-6-10-21)19-34-35-30(37)26-16-13-24(32)18-27(26)33/h1-19H,(H,35,37)/b34-19-. The first-order valence-corrected chi connectivity index (χ1v) is 12.6. The lowest BCUT2D eigenvalue weighted by Crippen LogP contribution is -2.18. The van der Waals surface area contributed by atoms with Gasteiger partial charge >= 0.3 is 0 Å². The predicted molar refractivity (Wildman–Crippen MR) is 153 cm³/mol. The van der Waals surface area contributed by atoms with Gasteiger partial charge in [-0.25, -0.2) is 5.43 Å². The first-order valence-electron chi connectivity index (χ1n) is 11.4. The van der Waals surface area contributed by atoms with Crippen molar-refractivity contribution in [2.45, 2.75) is 0 Å². The molecular weight excluding hydrogens is 525 g/mol. The number of nitrogens with one attached hydrogen (secondary N) is 1. The van der Waals surface area contributed by atoms with Crippen LogP contribution in [0.4, 0.5) is 0 Å². The van der Waals surface area contributed by atoms with E-state index in [0.29, 0.717) is 10.0 Å².